The number of carbonyl (C=O) groups excluding carboxylic acids is 1. The summed E-state index contributed by atoms with van der Waals surface area (Å²) in [5.41, 5.74) is -0.441. The molecule has 0 aliphatic heterocycles. The molecule has 0 aromatic rings. The van der Waals surface area contributed by atoms with E-state index in [1.165, 1.54) is 0 Å². The molecule has 0 N–H and O–H groups in total. The molecule has 0 fully saturated rings. The lowest BCUT2D eigenvalue weighted by molar-refractivity contribution is 0.0294. The molecular weight excluding hydrogens is 190 g/mol. The van der Waals surface area contributed by atoms with Crippen LogP contribution in [0.25, 0.3) is 0 Å². The number of hydrogen-bond acceptors (Lipinski definition) is 2. The van der Waals surface area contributed by atoms with Gasteiger partial charge >= 0.3 is 6.09 Å². The van der Waals surface area contributed by atoms with Gasteiger partial charge in [0.15, 0.2) is 0 Å². The quantitative estimate of drug-likeness (QED) is 0.671. The van der Waals surface area contributed by atoms with E-state index >= 15 is 0 Å². The number of ether oxygens (including phenoxy) is 1. The van der Waals surface area contributed by atoms with Crippen molar-refractivity contribution in [3.63, 3.8) is 0 Å². The minimum Gasteiger partial charge on any atom is -0.444 e. The van der Waals surface area contributed by atoms with E-state index < -0.39 is 5.60 Å². The first kappa shape index (κ1) is 13.8. The van der Waals surface area contributed by atoms with E-state index in [2.05, 4.69) is 5.92 Å². The average Bonchev–Trinajstić information content (AvgIpc) is 2.10. The van der Waals surface area contributed by atoms with E-state index in [1.54, 1.807) is 11.9 Å². The Bertz CT molecular complexity index is 247. The third-order valence-electron chi connectivity index (χ3n) is 1.89. The first-order valence-corrected chi connectivity index (χ1v) is 5.16. The van der Waals surface area contributed by atoms with Gasteiger partial charge < -0.3 is 9.64 Å². The Labute approximate surface area is 92.8 Å². The van der Waals surface area contributed by atoms with Gasteiger partial charge in [-0.25, -0.2) is 4.79 Å². The molecule has 0 aliphatic carbocycles. The summed E-state index contributed by atoms with van der Waals surface area (Å²) in [6.07, 6.45) is 5.75. The summed E-state index contributed by atoms with van der Waals surface area (Å²) in [5.74, 6) is 2.82. The summed E-state index contributed by atoms with van der Waals surface area (Å²) >= 11 is 0. The zero-order valence-electron chi connectivity index (χ0n) is 10.3. The third kappa shape index (κ3) is 6.84. The molecule has 0 aromatic heterocycles. The van der Waals surface area contributed by atoms with Crippen LogP contribution < -0.4 is 0 Å². The molecular formula is C12H21NO2. The zero-order valence-corrected chi connectivity index (χ0v) is 10.3. The van der Waals surface area contributed by atoms with Crippen LogP contribution in [-0.2, 0) is 4.74 Å². The third-order valence-corrected chi connectivity index (χ3v) is 1.89. The summed E-state index contributed by atoms with van der Waals surface area (Å²) in [6.45, 7) is 8.14. The van der Waals surface area contributed by atoms with Crippen LogP contribution in [0.1, 0.15) is 34.1 Å². The van der Waals surface area contributed by atoms with E-state index in [0.717, 1.165) is 6.42 Å². The fourth-order valence-electron chi connectivity index (χ4n) is 0.902. The van der Waals surface area contributed by atoms with Gasteiger partial charge in [0.05, 0.1) is 0 Å². The minimum atomic E-state index is -0.441. The fourth-order valence-corrected chi connectivity index (χ4v) is 0.902. The summed E-state index contributed by atoms with van der Waals surface area (Å²) in [5, 5.41) is 0. The first-order chi connectivity index (χ1) is 6.76. The van der Waals surface area contributed by atoms with Crippen molar-refractivity contribution < 1.29 is 9.53 Å². The van der Waals surface area contributed by atoms with Crippen molar-refractivity contribution in [2.24, 2.45) is 5.92 Å². The highest BCUT2D eigenvalue weighted by molar-refractivity contribution is 5.67. The van der Waals surface area contributed by atoms with Crippen molar-refractivity contribution >= 4 is 6.09 Å². The Hall–Kier alpha value is -1.17. The minimum absolute atomic E-state index is 0.190. The van der Waals surface area contributed by atoms with Gasteiger partial charge in [-0.15, -0.1) is 12.3 Å². The van der Waals surface area contributed by atoms with Gasteiger partial charge in [0.1, 0.15) is 5.60 Å². The standard InChI is InChI=1S/C12H21NO2/c1-7-10(2)8-9-13(6)11(14)15-12(3,4)5/h1,10H,8-9H2,2-6H3. The second kappa shape index (κ2) is 5.65. The maximum Gasteiger partial charge on any atom is 0.410 e. The van der Waals surface area contributed by atoms with Crippen LogP contribution >= 0.6 is 0 Å². The number of terminal acetylenes is 1. The van der Waals surface area contributed by atoms with Gasteiger partial charge in [0.25, 0.3) is 0 Å². The summed E-state index contributed by atoms with van der Waals surface area (Å²) in [6, 6.07) is 0. The van der Waals surface area contributed by atoms with Gasteiger partial charge in [-0.2, -0.15) is 0 Å². The Morgan fingerprint density at radius 2 is 2.07 bits per heavy atom. The van der Waals surface area contributed by atoms with E-state index in [4.69, 9.17) is 11.2 Å². The first-order valence-electron chi connectivity index (χ1n) is 5.16. The van der Waals surface area contributed by atoms with E-state index in [9.17, 15) is 4.79 Å². The van der Waals surface area contributed by atoms with Crippen molar-refractivity contribution in [1.82, 2.24) is 4.90 Å². The summed E-state index contributed by atoms with van der Waals surface area (Å²) in [7, 11) is 1.72. The molecule has 0 heterocycles. The number of carbonyl (C=O) groups is 1. The van der Waals surface area contributed by atoms with Crippen LogP contribution in [-0.4, -0.2) is 30.2 Å². The van der Waals surface area contributed by atoms with Crippen molar-refractivity contribution in [1.29, 1.82) is 0 Å². The SMILES string of the molecule is C#CC(C)CCN(C)C(=O)OC(C)(C)C. The van der Waals surface area contributed by atoms with Crippen LogP contribution in [0.15, 0.2) is 0 Å². The Kier molecular flexibility index (Phi) is 5.21. The van der Waals surface area contributed by atoms with Gasteiger partial charge in [0, 0.05) is 19.5 Å². The molecule has 15 heavy (non-hydrogen) atoms. The molecule has 0 aromatic carbocycles. The largest absolute Gasteiger partial charge is 0.444 e. The zero-order chi connectivity index (χ0) is 12.1. The number of rotatable bonds is 3. The number of nitrogens with zero attached hydrogens (tertiary/aromatic N) is 1. The molecule has 3 heteroatoms. The van der Waals surface area contributed by atoms with Crippen LogP contribution in [0, 0.1) is 18.3 Å². The topological polar surface area (TPSA) is 29.5 Å². The van der Waals surface area contributed by atoms with Crippen molar-refractivity contribution in [2.75, 3.05) is 13.6 Å². The highest BCUT2D eigenvalue weighted by Gasteiger charge is 2.19. The fraction of sp³-hybridized carbons (Fsp3) is 0.750. The van der Waals surface area contributed by atoms with Gasteiger partial charge in [-0.05, 0) is 27.2 Å². The van der Waals surface area contributed by atoms with E-state index in [0.29, 0.717) is 6.54 Å². The van der Waals surface area contributed by atoms with Crippen LogP contribution in [0.2, 0.25) is 0 Å². The molecule has 1 amide bonds. The molecule has 0 rings (SSSR count). The molecule has 0 aliphatic rings. The van der Waals surface area contributed by atoms with E-state index in [1.807, 2.05) is 27.7 Å². The normalized spacial score (nSPS) is 12.8. The highest BCUT2D eigenvalue weighted by Crippen LogP contribution is 2.10. The molecule has 86 valence electrons. The predicted molar refractivity (Wildman–Crippen MR) is 61.5 cm³/mol. The number of hydrogen-bond donors (Lipinski definition) is 0. The van der Waals surface area contributed by atoms with E-state index in [-0.39, 0.29) is 12.0 Å². The van der Waals surface area contributed by atoms with Gasteiger partial charge in [-0.1, -0.05) is 6.92 Å². The van der Waals surface area contributed by atoms with Crippen molar-refractivity contribution in [3.05, 3.63) is 0 Å². The van der Waals surface area contributed by atoms with Gasteiger partial charge in [0.2, 0.25) is 0 Å². The molecule has 1 unspecified atom stereocenters. The van der Waals surface area contributed by atoms with Crippen LogP contribution in [0.3, 0.4) is 0 Å². The van der Waals surface area contributed by atoms with Gasteiger partial charge in [-0.3, -0.25) is 0 Å². The smallest absolute Gasteiger partial charge is 0.410 e. The molecule has 3 nitrogen and oxygen atoms in total. The second-order valence-corrected chi connectivity index (χ2v) is 4.76. The maximum absolute atomic E-state index is 11.5. The Morgan fingerprint density at radius 3 is 2.47 bits per heavy atom. The monoisotopic (exact) mass is 211 g/mol. The highest BCUT2D eigenvalue weighted by atomic mass is 16.6. The molecule has 0 saturated heterocycles. The second-order valence-electron chi connectivity index (χ2n) is 4.76. The molecule has 0 radical (unpaired) electrons. The molecule has 0 saturated carbocycles. The number of amides is 1. The predicted octanol–water partition coefficient (Wildman–Crippen LogP) is 2.51. The molecule has 1 atom stereocenters. The Balaban J connectivity index is 3.96. The average molecular weight is 211 g/mol. The van der Waals surface area contributed by atoms with Crippen molar-refractivity contribution in [2.45, 2.75) is 39.7 Å². The summed E-state index contributed by atoms with van der Waals surface area (Å²) < 4.78 is 5.20. The van der Waals surface area contributed by atoms with Crippen LogP contribution in [0.5, 0.6) is 0 Å². The lowest BCUT2D eigenvalue weighted by Gasteiger charge is -2.24. The lowest BCUT2D eigenvalue weighted by atomic mass is 10.1. The lowest BCUT2D eigenvalue weighted by Crippen LogP contribution is -2.35. The molecule has 0 bridgehead atoms. The van der Waals surface area contributed by atoms with Crippen molar-refractivity contribution in [3.8, 4) is 12.3 Å². The molecule has 0 spiro atoms. The Morgan fingerprint density at radius 1 is 1.53 bits per heavy atom. The maximum atomic E-state index is 11.5. The summed E-state index contributed by atoms with van der Waals surface area (Å²) in [4.78, 5) is 13.1. The van der Waals surface area contributed by atoms with Crippen LogP contribution in [0.4, 0.5) is 4.79 Å².